The van der Waals surface area contributed by atoms with Gasteiger partial charge in [-0.1, -0.05) is 24.3 Å². The average molecular weight is 274 g/mol. The highest BCUT2D eigenvalue weighted by atomic mass is 16.5. The molecule has 1 aliphatic carbocycles. The molecule has 0 saturated heterocycles. The first-order valence-corrected chi connectivity index (χ1v) is 7.62. The van der Waals surface area contributed by atoms with Gasteiger partial charge in [0.25, 0.3) is 0 Å². The van der Waals surface area contributed by atoms with Crippen molar-refractivity contribution in [3.05, 3.63) is 35.4 Å². The summed E-state index contributed by atoms with van der Waals surface area (Å²) in [6.45, 7) is 10.5. The van der Waals surface area contributed by atoms with E-state index in [4.69, 9.17) is 7.48 Å². The van der Waals surface area contributed by atoms with Gasteiger partial charge in [-0.15, -0.1) is 0 Å². The van der Waals surface area contributed by atoms with Crippen molar-refractivity contribution in [2.24, 2.45) is 5.92 Å². The van der Waals surface area contributed by atoms with E-state index in [9.17, 15) is 0 Å². The molecule has 0 bridgehead atoms. The fourth-order valence-electron chi connectivity index (χ4n) is 3.58. The molecule has 2 nitrogen and oxygen atoms in total. The SMILES string of the molecule is [2H]C1([2H])c2ccccc2C[C@H]2OC(C(C)C)=[N+](C(C)C)[C@@]21C. The van der Waals surface area contributed by atoms with Crippen molar-refractivity contribution in [2.45, 2.75) is 65.1 Å². The smallest absolute Gasteiger partial charge is 0.340 e. The highest BCUT2D eigenvalue weighted by Crippen LogP contribution is 2.39. The van der Waals surface area contributed by atoms with Crippen LogP contribution in [0, 0.1) is 5.92 Å². The van der Waals surface area contributed by atoms with Gasteiger partial charge in [0.2, 0.25) is 5.54 Å². The summed E-state index contributed by atoms with van der Waals surface area (Å²) >= 11 is 0. The van der Waals surface area contributed by atoms with Crippen molar-refractivity contribution < 1.29 is 12.1 Å². The minimum Gasteiger partial charge on any atom is -0.437 e. The molecule has 0 saturated carbocycles. The summed E-state index contributed by atoms with van der Waals surface area (Å²) < 4.78 is 26.3. The summed E-state index contributed by atoms with van der Waals surface area (Å²) in [7, 11) is 0. The van der Waals surface area contributed by atoms with Gasteiger partial charge in [-0.05, 0) is 38.8 Å². The molecular formula is C18H26NO+. The molecule has 0 unspecified atom stereocenters. The average Bonchev–Trinajstić information content (AvgIpc) is 2.74. The van der Waals surface area contributed by atoms with Crippen LogP contribution in [0.15, 0.2) is 24.3 Å². The Morgan fingerprint density at radius 1 is 1.25 bits per heavy atom. The Balaban J connectivity index is 2.23. The Hall–Kier alpha value is -1.31. The lowest BCUT2D eigenvalue weighted by molar-refractivity contribution is -0.627. The summed E-state index contributed by atoms with van der Waals surface area (Å²) in [5, 5.41) is 0. The number of hydrogen-bond donors (Lipinski definition) is 0. The molecule has 0 N–H and O–H groups in total. The number of fused-ring (bicyclic) bond motifs is 2. The molecule has 1 heterocycles. The van der Waals surface area contributed by atoms with Gasteiger partial charge in [0.1, 0.15) is 0 Å². The van der Waals surface area contributed by atoms with E-state index in [1.54, 1.807) is 0 Å². The molecule has 1 aromatic carbocycles. The maximum Gasteiger partial charge on any atom is 0.340 e. The fourth-order valence-corrected chi connectivity index (χ4v) is 3.58. The van der Waals surface area contributed by atoms with Crippen LogP contribution in [-0.4, -0.2) is 28.2 Å². The summed E-state index contributed by atoms with van der Waals surface area (Å²) in [6.07, 6.45) is -0.823. The Kier molecular flexibility index (Phi) is 2.62. The highest BCUT2D eigenvalue weighted by molar-refractivity contribution is 5.75. The second kappa shape index (κ2) is 4.61. The van der Waals surface area contributed by atoms with E-state index in [2.05, 4.69) is 32.3 Å². The summed E-state index contributed by atoms with van der Waals surface area (Å²) in [4.78, 5) is 0. The Labute approximate surface area is 125 Å². The lowest BCUT2D eigenvalue weighted by Gasteiger charge is -2.33. The normalized spacial score (nSPS) is 32.6. The minimum absolute atomic E-state index is 0.141. The fraction of sp³-hybridized carbons (Fsp3) is 0.611. The van der Waals surface area contributed by atoms with Crippen molar-refractivity contribution in [3.63, 3.8) is 0 Å². The van der Waals surface area contributed by atoms with E-state index in [1.165, 1.54) is 0 Å². The molecule has 1 aliphatic heterocycles. The molecule has 0 radical (unpaired) electrons. The van der Waals surface area contributed by atoms with Crippen molar-refractivity contribution in [2.75, 3.05) is 0 Å². The Morgan fingerprint density at radius 2 is 1.90 bits per heavy atom. The highest BCUT2D eigenvalue weighted by Gasteiger charge is 2.57. The molecule has 20 heavy (non-hydrogen) atoms. The number of benzene rings is 1. The standard InChI is InChI=1S/C18H26NO/c1-12(2)17-19(13(3)4)18(5)11-15-9-7-6-8-14(15)10-16(18)20-17/h6-9,12-13,16H,10-11H2,1-5H3/q+1/t16-,18-/m1/s1/i11D2. The molecule has 0 fully saturated rings. The molecule has 0 amide bonds. The van der Waals surface area contributed by atoms with Gasteiger partial charge in [-0.3, -0.25) is 0 Å². The van der Waals surface area contributed by atoms with Crippen LogP contribution in [0.3, 0.4) is 0 Å². The number of ether oxygens (including phenoxy) is 1. The predicted molar refractivity (Wildman–Crippen MR) is 82.4 cm³/mol. The molecule has 1 aromatic rings. The Bertz CT molecular complexity index is 636. The molecule has 0 spiro atoms. The molecule has 2 heteroatoms. The second-order valence-corrected chi connectivity index (χ2v) is 6.70. The van der Waals surface area contributed by atoms with Gasteiger partial charge in [-0.25, -0.2) is 0 Å². The third-order valence-corrected chi connectivity index (χ3v) is 4.45. The van der Waals surface area contributed by atoms with Crippen molar-refractivity contribution in [3.8, 4) is 0 Å². The van der Waals surface area contributed by atoms with E-state index in [0.29, 0.717) is 0 Å². The van der Waals surface area contributed by atoms with Crippen LogP contribution in [0.2, 0.25) is 0 Å². The van der Waals surface area contributed by atoms with Crippen LogP contribution < -0.4 is 0 Å². The molecule has 0 aromatic heterocycles. The first-order chi connectivity index (χ1) is 10.2. The number of hydrogen-bond acceptors (Lipinski definition) is 1. The van der Waals surface area contributed by atoms with Crippen LogP contribution in [0.25, 0.3) is 0 Å². The minimum atomic E-state index is -1.45. The van der Waals surface area contributed by atoms with E-state index in [0.717, 1.165) is 23.4 Å². The molecule has 2 aliphatic rings. The Morgan fingerprint density at radius 3 is 2.50 bits per heavy atom. The van der Waals surface area contributed by atoms with Crippen LogP contribution in [0.1, 0.15) is 48.5 Å². The van der Waals surface area contributed by atoms with Crippen molar-refractivity contribution in [1.29, 1.82) is 0 Å². The quantitative estimate of drug-likeness (QED) is 0.753. The van der Waals surface area contributed by atoms with E-state index in [-0.39, 0.29) is 18.1 Å². The number of rotatable bonds is 2. The maximum atomic E-state index is 8.92. The topological polar surface area (TPSA) is 12.2 Å². The zero-order chi connectivity index (χ0) is 16.3. The number of nitrogens with zero attached hydrogens (tertiary/aromatic N) is 1. The van der Waals surface area contributed by atoms with E-state index < -0.39 is 11.9 Å². The van der Waals surface area contributed by atoms with Crippen LogP contribution in [-0.2, 0) is 17.5 Å². The summed E-state index contributed by atoms with van der Waals surface area (Å²) in [5.41, 5.74) is 1.21. The van der Waals surface area contributed by atoms with Gasteiger partial charge in [-0.2, -0.15) is 4.58 Å². The van der Waals surface area contributed by atoms with E-state index >= 15 is 0 Å². The molecule has 3 rings (SSSR count). The first-order valence-electron chi connectivity index (χ1n) is 8.62. The monoisotopic (exact) mass is 274 g/mol. The van der Waals surface area contributed by atoms with E-state index in [1.807, 2.05) is 31.2 Å². The third kappa shape index (κ3) is 1.88. The van der Waals surface area contributed by atoms with Gasteiger partial charge < -0.3 is 4.74 Å². The lowest BCUT2D eigenvalue weighted by Crippen LogP contribution is -2.52. The van der Waals surface area contributed by atoms with Gasteiger partial charge >= 0.3 is 5.90 Å². The zero-order valence-electron chi connectivity index (χ0n) is 15.1. The zero-order valence-corrected chi connectivity index (χ0v) is 13.1. The summed E-state index contributed by atoms with van der Waals surface area (Å²) in [5.74, 6) is 1.18. The molecular weight excluding hydrogens is 246 g/mol. The van der Waals surface area contributed by atoms with Crippen LogP contribution in [0.5, 0.6) is 0 Å². The predicted octanol–water partition coefficient (Wildman–Crippen LogP) is 3.42. The third-order valence-electron chi connectivity index (χ3n) is 4.45. The van der Waals surface area contributed by atoms with Crippen molar-refractivity contribution in [1.82, 2.24) is 0 Å². The van der Waals surface area contributed by atoms with Gasteiger partial charge in [0, 0.05) is 22.5 Å². The maximum absolute atomic E-state index is 8.92. The van der Waals surface area contributed by atoms with Gasteiger partial charge in [0.05, 0.1) is 5.92 Å². The first kappa shape index (κ1) is 11.4. The van der Waals surface area contributed by atoms with Crippen LogP contribution >= 0.6 is 0 Å². The lowest BCUT2D eigenvalue weighted by atomic mass is 9.76. The van der Waals surface area contributed by atoms with Gasteiger partial charge in [0.15, 0.2) is 12.1 Å². The largest absolute Gasteiger partial charge is 0.437 e. The molecule has 108 valence electrons. The van der Waals surface area contributed by atoms with Crippen molar-refractivity contribution >= 4 is 5.90 Å². The second-order valence-electron chi connectivity index (χ2n) is 6.70. The summed E-state index contributed by atoms with van der Waals surface area (Å²) in [6, 6.07) is 8.09. The molecule has 2 atom stereocenters. The van der Waals surface area contributed by atoms with Crippen LogP contribution in [0.4, 0.5) is 0 Å².